The molecule has 0 fully saturated rings. The lowest BCUT2D eigenvalue weighted by Crippen LogP contribution is -2.26. The number of nitrogens with zero attached hydrogens (tertiary/aromatic N) is 2. The molecule has 0 aliphatic carbocycles. The SMILES string of the molecule is Cc1ccc([C@@H](C)NS(=O)(=O)c2nnc(NC(=O)c3ccccc3)s2)cc1C. The molecule has 0 saturated carbocycles. The standard InChI is InChI=1S/C19H20N4O3S2/c1-12-9-10-16(11-13(12)2)14(3)23-28(25,26)19-22-21-18(27-19)20-17(24)15-7-5-4-6-8-15/h4-11,14,23H,1-3H3,(H,20,21,24)/t14-/m1/s1. The van der Waals surface area contributed by atoms with Crippen LogP contribution in [-0.4, -0.2) is 24.5 Å². The van der Waals surface area contributed by atoms with E-state index in [1.165, 1.54) is 0 Å². The van der Waals surface area contributed by atoms with Crippen LogP contribution >= 0.6 is 11.3 Å². The second kappa shape index (κ2) is 8.17. The van der Waals surface area contributed by atoms with E-state index in [-0.39, 0.29) is 15.4 Å². The molecule has 28 heavy (non-hydrogen) atoms. The molecule has 1 heterocycles. The zero-order valence-corrected chi connectivity index (χ0v) is 17.3. The molecule has 1 atom stereocenters. The first kappa shape index (κ1) is 20.1. The maximum atomic E-state index is 12.6. The third-order valence-electron chi connectivity index (χ3n) is 4.26. The van der Waals surface area contributed by atoms with Gasteiger partial charge in [0.2, 0.25) is 9.47 Å². The van der Waals surface area contributed by atoms with Gasteiger partial charge in [-0.15, -0.1) is 10.2 Å². The zero-order chi connectivity index (χ0) is 20.3. The lowest BCUT2D eigenvalue weighted by molar-refractivity contribution is 0.102. The Balaban J connectivity index is 1.72. The first-order valence-electron chi connectivity index (χ1n) is 8.55. The van der Waals surface area contributed by atoms with E-state index in [2.05, 4.69) is 20.2 Å². The van der Waals surface area contributed by atoms with E-state index in [0.717, 1.165) is 28.0 Å². The number of rotatable bonds is 6. The molecule has 0 spiro atoms. The minimum absolute atomic E-state index is 0.119. The molecule has 2 aromatic carbocycles. The summed E-state index contributed by atoms with van der Waals surface area (Å²) in [6, 6.07) is 13.9. The third kappa shape index (κ3) is 4.61. The van der Waals surface area contributed by atoms with Crippen molar-refractivity contribution < 1.29 is 13.2 Å². The van der Waals surface area contributed by atoms with Crippen molar-refractivity contribution in [1.29, 1.82) is 0 Å². The molecule has 0 unspecified atom stereocenters. The van der Waals surface area contributed by atoms with Crippen LogP contribution in [-0.2, 0) is 10.0 Å². The summed E-state index contributed by atoms with van der Waals surface area (Å²) in [7, 11) is -3.87. The van der Waals surface area contributed by atoms with E-state index >= 15 is 0 Å². The number of nitrogens with one attached hydrogen (secondary N) is 2. The lowest BCUT2D eigenvalue weighted by Gasteiger charge is -2.14. The second-order valence-electron chi connectivity index (χ2n) is 6.38. The van der Waals surface area contributed by atoms with Crippen molar-refractivity contribution in [2.24, 2.45) is 0 Å². The quantitative estimate of drug-likeness (QED) is 0.600. The fourth-order valence-corrected chi connectivity index (χ4v) is 4.66. The van der Waals surface area contributed by atoms with Crippen LogP contribution in [0.5, 0.6) is 0 Å². The predicted octanol–water partition coefficient (Wildman–Crippen LogP) is 3.45. The minimum Gasteiger partial charge on any atom is -0.296 e. The van der Waals surface area contributed by atoms with Gasteiger partial charge >= 0.3 is 0 Å². The van der Waals surface area contributed by atoms with Crippen LogP contribution in [0, 0.1) is 13.8 Å². The molecule has 0 saturated heterocycles. The zero-order valence-electron chi connectivity index (χ0n) is 15.6. The highest BCUT2D eigenvalue weighted by Gasteiger charge is 2.24. The molecule has 2 N–H and O–H groups in total. The average Bonchev–Trinajstić information content (AvgIpc) is 3.14. The van der Waals surface area contributed by atoms with E-state index < -0.39 is 16.1 Å². The Bertz CT molecular complexity index is 1100. The molecular weight excluding hydrogens is 396 g/mol. The molecule has 1 aromatic heterocycles. The first-order valence-corrected chi connectivity index (χ1v) is 10.9. The number of carbonyl (C=O) groups excluding carboxylic acids is 1. The maximum Gasteiger partial charge on any atom is 0.270 e. The molecule has 3 rings (SSSR count). The Labute approximate surface area is 167 Å². The van der Waals surface area contributed by atoms with Gasteiger partial charge in [0.05, 0.1) is 0 Å². The van der Waals surface area contributed by atoms with Crippen molar-refractivity contribution in [1.82, 2.24) is 14.9 Å². The summed E-state index contributed by atoms with van der Waals surface area (Å²) in [5.74, 6) is -0.378. The van der Waals surface area contributed by atoms with Crippen LogP contribution in [0.25, 0.3) is 0 Å². The molecule has 0 aliphatic rings. The van der Waals surface area contributed by atoms with E-state index in [0.29, 0.717) is 5.56 Å². The number of anilines is 1. The summed E-state index contributed by atoms with van der Waals surface area (Å²) < 4.78 is 27.6. The Morgan fingerprint density at radius 2 is 1.75 bits per heavy atom. The van der Waals surface area contributed by atoms with Gasteiger partial charge in [0, 0.05) is 11.6 Å². The van der Waals surface area contributed by atoms with E-state index in [1.807, 2.05) is 32.0 Å². The topological polar surface area (TPSA) is 101 Å². The van der Waals surface area contributed by atoms with Gasteiger partial charge in [-0.1, -0.05) is 47.7 Å². The van der Waals surface area contributed by atoms with Crippen LogP contribution in [0.3, 0.4) is 0 Å². The fraction of sp³-hybridized carbons (Fsp3) is 0.211. The van der Waals surface area contributed by atoms with Crippen LogP contribution < -0.4 is 10.0 Å². The second-order valence-corrected chi connectivity index (χ2v) is 9.25. The van der Waals surface area contributed by atoms with Gasteiger partial charge in [0.25, 0.3) is 15.9 Å². The van der Waals surface area contributed by atoms with Crippen LogP contribution in [0.1, 0.15) is 40.0 Å². The van der Waals surface area contributed by atoms with Crippen LogP contribution in [0.2, 0.25) is 0 Å². The normalized spacial score (nSPS) is 12.5. The van der Waals surface area contributed by atoms with E-state index in [9.17, 15) is 13.2 Å². The van der Waals surface area contributed by atoms with Crippen molar-refractivity contribution >= 4 is 32.4 Å². The van der Waals surface area contributed by atoms with Crippen LogP contribution in [0.4, 0.5) is 5.13 Å². The summed E-state index contributed by atoms with van der Waals surface area (Å²) in [6.45, 7) is 5.74. The van der Waals surface area contributed by atoms with Crippen molar-refractivity contribution in [3.8, 4) is 0 Å². The molecule has 0 aliphatic heterocycles. The van der Waals surface area contributed by atoms with Crippen LogP contribution in [0.15, 0.2) is 52.9 Å². The molecule has 7 nitrogen and oxygen atoms in total. The Hall–Kier alpha value is -2.62. The van der Waals surface area contributed by atoms with Crippen molar-refractivity contribution in [3.63, 3.8) is 0 Å². The molecule has 0 bridgehead atoms. The number of benzene rings is 2. The van der Waals surface area contributed by atoms with Crippen molar-refractivity contribution in [2.45, 2.75) is 31.2 Å². The van der Waals surface area contributed by atoms with E-state index in [1.54, 1.807) is 37.3 Å². The summed E-state index contributed by atoms with van der Waals surface area (Å²) in [5.41, 5.74) is 3.53. The number of hydrogen-bond donors (Lipinski definition) is 2. The summed E-state index contributed by atoms with van der Waals surface area (Å²) >= 11 is 0.801. The van der Waals surface area contributed by atoms with Gasteiger partial charge < -0.3 is 0 Å². The number of aromatic nitrogens is 2. The fourth-order valence-electron chi connectivity index (χ4n) is 2.51. The van der Waals surface area contributed by atoms with Crippen molar-refractivity contribution in [3.05, 3.63) is 70.8 Å². The smallest absolute Gasteiger partial charge is 0.270 e. The molecule has 146 valence electrons. The number of carbonyl (C=O) groups is 1. The van der Waals surface area contributed by atoms with Gasteiger partial charge in [-0.05, 0) is 49.6 Å². The van der Waals surface area contributed by atoms with E-state index in [4.69, 9.17) is 0 Å². The Kier molecular flexibility index (Phi) is 5.87. The molecule has 1 amide bonds. The first-order chi connectivity index (χ1) is 13.3. The van der Waals surface area contributed by atoms with Gasteiger partial charge in [0.15, 0.2) is 0 Å². The average molecular weight is 417 g/mol. The van der Waals surface area contributed by atoms with Gasteiger partial charge in [-0.2, -0.15) is 0 Å². The monoisotopic (exact) mass is 416 g/mol. The molecular formula is C19H20N4O3S2. The highest BCUT2D eigenvalue weighted by Crippen LogP contribution is 2.23. The maximum absolute atomic E-state index is 12.6. The highest BCUT2D eigenvalue weighted by molar-refractivity contribution is 7.91. The Morgan fingerprint density at radius 3 is 2.43 bits per heavy atom. The number of sulfonamides is 1. The number of hydrogen-bond acceptors (Lipinski definition) is 6. The highest BCUT2D eigenvalue weighted by atomic mass is 32.2. The van der Waals surface area contributed by atoms with Crippen molar-refractivity contribution in [2.75, 3.05) is 5.32 Å². The lowest BCUT2D eigenvalue weighted by atomic mass is 10.0. The summed E-state index contributed by atoms with van der Waals surface area (Å²) in [5, 5.41) is 10.2. The minimum atomic E-state index is -3.87. The number of amides is 1. The molecule has 9 heteroatoms. The molecule has 0 radical (unpaired) electrons. The number of aryl methyl sites for hydroxylation is 2. The third-order valence-corrected chi connectivity index (χ3v) is 7.00. The van der Waals surface area contributed by atoms with Gasteiger partial charge in [-0.25, -0.2) is 13.1 Å². The van der Waals surface area contributed by atoms with Gasteiger partial charge in [0.1, 0.15) is 0 Å². The summed E-state index contributed by atoms with van der Waals surface area (Å²) in [6.07, 6.45) is 0. The summed E-state index contributed by atoms with van der Waals surface area (Å²) in [4.78, 5) is 12.2. The Morgan fingerprint density at radius 1 is 1.04 bits per heavy atom. The predicted molar refractivity (Wildman–Crippen MR) is 109 cm³/mol. The largest absolute Gasteiger partial charge is 0.296 e. The molecule has 3 aromatic rings. The van der Waals surface area contributed by atoms with Gasteiger partial charge in [-0.3, -0.25) is 10.1 Å².